The molecule has 2 aliphatic rings. The van der Waals surface area contributed by atoms with Crippen LogP contribution in [0.25, 0.3) is 11.7 Å². The summed E-state index contributed by atoms with van der Waals surface area (Å²) in [6.07, 6.45) is 3.21. The Morgan fingerprint density at radius 1 is 1.21 bits per heavy atom. The molecule has 0 aliphatic carbocycles. The summed E-state index contributed by atoms with van der Waals surface area (Å²) < 4.78 is 18.2. The van der Waals surface area contributed by atoms with E-state index >= 15 is 0 Å². The maximum absolute atomic E-state index is 9.03. The molecule has 2 fully saturated rings. The Hall–Kier alpha value is -3.55. The van der Waals surface area contributed by atoms with Crippen LogP contribution in [0.5, 0.6) is 11.8 Å². The fraction of sp³-hybridized carbons (Fsp3) is 0.536. The van der Waals surface area contributed by atoms with Gasteiger partial charge in [0.25, 0.3) is 5.89 Å². The Labute approximate surface area is 223 Å². The van der Waals surface area contributed by atoms with Gasteiger partial charge in [0.2, 0.25) is 17.6 Å². The number of nitrogens with zero attached hydrogens (tertiary/aromatic N) is 6. The third-order valence-electron chi connectivity index (χ3n) is 7.58. The molecule has 10 heteroatoms. The molecule has 0 amide bonds. The molecule has 0 radical (unpaired) electrons. The van der Waals surface area contributed by atoms with E-state index in [9.17, 15) is 0 Å². The molecule has 2 saturated heterocycles. The molecule has 1 aromatic carbocycles. The molecule has 4 atom stereocenters. The summed E-state index contributed by atoms with van der Waals surface area (Å²) in [5.41, 5.74) is 0.605. The van der Waals surface area contributed by atoms with Crippen molar-refractivity contribution >= 4 is 0 Å². The summed E-state index contributed by atoms with van der Waals surface area (Å²) in [7, 11) is 2.12. The van der Waals surface area contributed by atoms with Crippen molar-refractivity contribution < 1.29 is 14.0 Å². The Morgan fingerprint density at radius 3 is 2.74 bits per heavy atom. The van der Waals surface area contributed by atoms with Gasteiger partial charge in [0, 0.05) is 25.0 Å². The molecule has 2 aromatic heterocycles. The molecule has 38 heavy (non-hydrogen) atoms. The van der Waals surface area contributed by atoms with Crippen molar-refractivity contribution in [3.8, 4) is 29.5 Å². The van der Waals surface area contributed by atoms with Crippen LogP contribution in [-0.2, 0) is 5.41 Å². The molecule has 10 nitrogen and oxygen atoms in total. The van der Waals surface area contributed by atoms with Crippen LogP contribution in [0.2, 0.25) is 0 Å². The normalized spacial score (nSPS) is 22.8. The molecule has 0 bridgehead atoms. The molecule has 0 saturated carbocycles. The van der Waals surface area contributed by atoms with E-state index in [0.29, 0.717) is 36.6 Å². The number of hydrogen-bond donors (Lipinski definition) is 1. The third kappa shape index (κ3) is 5.64. The minimum Gasteiger partial charge on any atom is -0.473 e. The maximum Gasteiger partial charge on any atom is 0.296 e. The van der Waals surface area contributed by atoms with Crippen LogP contribution in [0.3, 0.4) is 0 Å². The monoisotopic (exact) mass is 517 g/mol. The lowest BCUT2D eigenvalue weighted by Crippen LogP contribution is -2.38. The predicted molar refractivity (Wildman–Crippen MR) is 141 cm³/mol. The first-order chi connectivity index (χ1) is 18.3. The van der Waals surface area contributed by atoms with Crippen LogP contribution in [0.1, 0.15) is 57.8 Å². The number of benzene rings is 1. The lowest BCUT2D eigenvalue weighted by Gasteiger charge is -2.26. The van der Waals surface area contributed by atoms with Crippen molar-refractivity contribution in [3.05, 3.63) is 47.8 Å². The molecule has 200 valence electrons. The average Bonchev–Trinajstić information content (AvgIpc) is 3.66. The van der Waals surface area contributed by atoms with E-state index < -0.39 is 5.41 Å². The first kappa shape index (κ1) is 26.1. The minimum atomic E-state index is -0.469. The molecule has 1 N–H and O–H groups in total. The Bertz CT molecular complexity index is 1270. The summed E-state index contributed by atoms with van der Waals surface area (Å²) in [5.74, 6) is 1.78. The smallest absolute Gasteiger partial charge is 0.296 e. The van der Waals surface area contributed by atoms with E-state index in [1.165, 1.54) is 0 Å². The van der Waals surface area contributed by atoms with Crippen molar-refractivity contribution in [2.24, 2.45) is 0 Å². The number of nitriles is 1. The van der Waals surface area contributed by atoms with Crippen LogP contribution < -0.4 is 14.8 Å². The highest BCUT2D eigenvalue weighted by Gasteiger charge is 2.32. The fourth-order valence-electron chi connectivity index (χ4n) is 5.28. The van der Waals surface area contributed by atoms with Gasteiger partial charge in [-0.15, -0.1) is 0 Å². The highest BCUT2D eigenvalue weighted by atomic mass is 16.5. The van der Waals surface area contributed by atoms with E-state index in [1.807, 2.05) is 30.3 Å². The number of rotatable bonds is 9. The summed E-state index contributed by atoms with van der Waals surface area (Å²) in [6.45, 7) is 7.87. The van der Waals surface area contributed by atoms with Crippen LogP contribution in [0.4, 0.5) is 0 Å². The molecule has 3 aromatic rings. The highest BCUT2D eigenvalue weighted by Crippen LogP contribution is 2.32. The summed E-state index contributed by atoms with van der Waals surface area (Å²) in [6, 6.07) is 14.4. The number of likely N-dealkylation sites (N-methyl/N-ethyl adjacent to an activating group) is 1. The van der Waals surface area contributed by atoms with E-state index in [0.717, 1.165) is 31.4 Å². The van der Waals surface area contributed by atoms with Gasteiger partial charge in [0.1, 0.15) is 12.2 Å². The summed E-state index contributed by atoms with van der Waals surface area (Å²) >= 11 is 0. The molecule has 4 heterocycles. The molecular weight excluding hydrogens is 482 g/mol. The lowest BCUT2D eigenvalue weighted by atomic mass is 9.84. The second kappa shape index (κ2) is 11.1. The van der Waals surface area contributed by atoms with Crippen molar-refractivity contribution in [3.63, 3.8) is 0 Å². The number of ether oxygens (including phenoxy) is 2. The maximum atomic E-state index is 9.03. The number of hydrogen-bond acceptors (Lipinski definition) is 10. The zero-order chi connectivity index (χ0) is 26.7. The largest absolute Gasteiger partial charge is 0.473 e. The van der Waals surface area contributed by atoms with Gasteiger partial charge in [-0.2, -0.15) is 20.2 Å². The van der Waals surface area contributed by atoms with E-state index in [2.05, 4.69) is 64.2 Å². The Kier molecular flexibility index (Phi) is 7.58. The first-order valence-corrected chi connectivity index (χ1v) is 13.3. The van der Waals surface area contributed by atoms with Crippen molar-refractivity contribution in [1.82, 2.24) is 30.3 Å². The van der Waals surface area contributed by atoms with Crippen molar-refractivity contribution in [2.45, 2.75) is 76.2 Å². The van der Waals surface area contributed by atoms with Crippen LogP contribution >= 0.6 is 0 Å². The predicted octanol–water partition coefficient (Wildman–Crippen LogP) is 3.74. The summed E-state index contributed by atoms with van der Waals surface area (Å²) in [4.78, 5) is 16.2. The zero-order valence-electron chi connectivity index (χ0n) is 22.4. The molecular formula is C28H35N7O3. The average molecular weight is 518 g/mol. The quantitative estimate of drug-likeness (QED) is 0.449. The number of likely N-dealkylation sites (tertiary alicyclic amines) is 1. The Balaban J connectivity index is 1.42. The van der Waals surface area contributed by atoms with Gasteiger partial charge in [0.05, 0.1) is 24.0 Å². The van der Waals surface area contributed by atoms with Gasteiger partial charge in [-0.3, -0.25) is 4.90 Å². The van der Waals surface area contributed by atoms with Gasteiger partial charge in [-0.25, -0.2) is 0 Å². The number of aromatic nitrogens is 4. The SMILES string of the molecule is C[C@H](Oc1cc(O[C@H]2CN[C@H](CC#N)C2)nc(-c2nc(C(C)(C)c3ccccc3)no2)n1)[C@@H]1CCCN1C. The second-order valence-electron chi connectivity index (χ2n) is 10.7. The number of nitrogens with one attached hydrogen (secondary N) is 1. The van der Waals surface area contributed by atoms with E-state index in [4.69, 9.17) is 19.3 Å². The molecule has 2 aliphatic heterocycles. The van der Waals surface area contributed by atoms with Crippen molar-refractivity contribution in [1.29, 1.82) is 5.26 Å². The standard InChI is InChI=1S/C28H35N7O3/c1-18(22-11-8-14-35(22)4)36-23-16-24(37-21-15-20(12-13-29)30-17-21)32-25(31-23)26-33-27(34-38-26)28(2,3)19-9-6-5-7-10-19/h5-7,9-10,16,18,20-22,30H,8,11-12,14-15,17H2,1-4H3/t18-,20+,21+,22-/m0/s1. The van der Waals surface area contributed by atoms with Gasteiger partial charge in [-0.1, -0.05) is 35.5 Å². The fourth-order valence-corrected chi connectivity index (χ4v) is 5.28. The van der Waals surface area contributed by atoms with Gasteiger partial charge >= 0.3 is 0 Å². The van der Waals surface area contributed by atoms with E-state index in [1.54, 1.807) is 6.07 Å². The Morgan fingerprint density at radius 2 is 2.00 bits per heavy atom. The molecule has 0 unspecified atom stereocenters. The molecule has 0 spiro atoms. The van der Waals surface area contributed by atoms with Crippen LogP contribution in [-0.4, -0.2) is 69.4 Å². The minimum absolute atomic E-state index is 0.0680. The zero-order valence-corrected chi connectivity index (χ0v) is 22.4. The first-order valence-electron chi connectivity index (χ1n) is 13.3. The topological polar surface area (TPSA) is 122 Å². The van der Waals surface area contributed by atoms with Crippen LogP contribution in [0, 0.1) is 11.3 Å². The van der Waals surface area contributed by atoms with Crippen LogP contribution in [0.15, 0.2) is 40.9 Å². The van der Waals surface area contributed by atoms with Gasteiger partial charge in [-0.05, 0) is 52.8 Å². The lowest BCUT2D eigenvalue weighted by molar-refractivity contribution is 0.116. The van der Waals surface area contributed by atoms with Crippen molar-refractivity contribution in [2.75, 3.05) is 20.1 Å². The third-order valence-corrected chi connectivity index (χ3v) is 7.58. The van der Waals surface area contributed by atoms with E-state index in [-0.39, 0.29) is 30.0 Å². The highest BCUT2D eigenvalue weighted by molar-refractivity contribution is 5.44. The van der Waals surface area contributed by atoms with Gasteiger partial charge < -0.3 is 19.3 Å². The summed E-state index contributed by atoms with van der Waals surface area (Å²) in [5, 5.41) is 16.6. The van der Waals surface area contributed by atoms with Gasteiger partial charge in [0.15, 0.2) is 5.82 Å². The molecule has 5 rings (SSSR count). The second-order valence-corrected chi connectivity index (χ2v) is 10.7.